The van der Waals surface area contributed by atoms with Crippen LogP contribution < -0.4 is 9.47 Å². The molecule has 0 aromatic heterocycles. The molecule has 6 nitrogen and oxygen atoms in total. The summed E-state index contributed by atoms with van der Waals surface area (Å²) in [6.07, 6.45) is 2.96. The van der Waals surface area contributed by atoms with E-state index in [-0.39, 0.29) is 12.5 Å². The third-order valence-corrected chi connectivity index (χ3v) is 4.00. The van der Waals surface area contributed by atoms with Gasteiger partial charge in [0.1, 0.15) is 24.1 Å². The SMILES string of the molecule is COc1ccc2c(c1)C=C(C(=O)N1CCCC1C(=O)O)CO2. The molecule has 1 unspecified atom stereocenters. The van der Waals surface area contributed by atoms with Crippen LogP contribution >= 0.6 is 0 Å². The van der Waals surface area contributed by atoms with Gasteiger partial charge in [-0.2, -0.15) is 0 Å². The Morgan fingerprint density at radius 3 is 2.95 bits per heavy atom. The van der Waals surface area contributed by atoms with Crippen molar-refractivity contribution < 1.29 is 24.2 Å². The first-order valence-electron chi connectivity index (χ1n) is 7.15. The first-order valence-corrected chi connectivity index (χ1v) is 7.15. The molecule has 0 spiro atoms. The van der Waals surface area contributed by atoms with Crippen molar-refractivity contribution in [1.29, 1.82) is 0 Å². The molecule has 1 fully saturated rings. The zero-order valence-electron chi connectivity index (χ0n) is 12.2. The number of carboxylic acids is 1. The van der Waals surface area contributed by atoms with Crippen LogP contribution in [0.25, 0.3) is 6.08 Å². The average Bonchev–Trinajstić information content (AvgIpc) is 3.02. The molecule has 1 N–H and O–H groups in total. The lowest BCUT2D eigenvalue weighted by atomic mass is 10.1. The molecule has 2 aliphatic rings. The van der Waals surface area contributed by atoms with Crippen molar-refractivity contribution in [2.75, 3.05) is 20.3 Å². The highest BCUT2D eigenvalue weighted by Gasteiger charge is 2.35. The first kappa shape index (κ1) is 14.4. The number of hydrogen-bond donors (Lipinski definition) is 1. The molecule has 1 amide bonds. The van der Waals surface area contributed by atoms with Crippen molar-refractivity contribution in [3.8, 4) is 11.5 Å². The van der Waals surface area contributed by atoms with Crippen molar-refractivity contribution in [3.63, 3.8) is 0 Å². The van der Waals surface area contributed by atoms with Gasteiger partial charge in [-0.1, -0.05) is 0 Å². The summed E-state index contributed by atoms with van der Waals surface area (Å²) in [6, 6.07) is 4.64. The maximum absolute atomic E-state index is 12.6. The van der Waals surface area contributed by atoms with E-state index in [9.17, 15) is 14.7 Å². The predicted octanol–water partition coefficient (Wildman–Crippen LogP) is 1.55. The summed E-state index contributed by atoms with van der Waals surface area (Å²) in [5, 5.41) is 9.20. The highest BCUT2D eigenvalue weighted by molar-refractivity contribution is 6.01. The maximum Gasteiger partial charge on any atom is 0.326 e. The Morgan fingerprint density at radius 2 is 2.23 bits per heavy atom. The summed E-state index contributed by atoms with van der Waals surface area (Å²) < 4.78 is 10.8. The van der Waals surface area contributed by atoms with Gasteiger partial charge in [-0.05, 0) is 37.1 Å². The Labute approximate surface area is 127 Å². The van der Waals surface area contributed by atoms with Crippen LogP contribution in [-0.4, -0.2) is 48.2 Å². The smallest absolute Gasteiger partial charge is 0.326 e. The minimum atomic E-state index is -0.953. The lowest BCUT2D eigenvalue weighted by molar-refractivity contribution is -0.147. The van der Waals surface area contributed by atoms with Gasteiger partial charge in [-0.25, -0.2) is 4.79 Å². The van der Waals surface area contributed by atoms with Crippen molar-refractivity contribution >= 4 is 18.0 Å². The number of nitrogens with zero attached hydrogens (tertiary/aromatic N) is 1. The minimum Gasteiger partial charge on any atom is -0.497 e. The number of likely N-dealkylation sites (tertiary alicyclic amines) is 1. The average molecular weight is 303 g/mol. The summed E-state index contributed by atoms with van der Waals surface area (Å²) >= 11 is 0. The van der Waals surface area contributed by atoms with E-state index >= 15 is 0 Å². The van der Waals surface area contributed by atoms with Crippen LogP contribution in [0.2, 0.25) is 0 Å². The summed E-state index contributed by atoms with van der Waals surface area (Å²) in [6.45, 7) is 0.624. The molecule has 6 heteroatoms. The molecule has 22 heavy (non-hydrogen) atoms. The third kappa shape index (κ3) is 2.52. The molecule has 2 aliphatic heterocycles. The molecule has 2 heterocycles. The van der Waals surface area contributed by atoms with E-state index in [0.29, 0.717) is 36.5 Å². The number of ether oxygens (including phenoxy) is 2. The molecule has 1 saturated heterocycles. The quantitative estimate of drug-likeness (QED) is 0.917. The number of hydrogen-bond acceptors (Lipinski definition) is 4. The summed E-state index contributed by atoms with van der Waals surface area (Å²) in [4.78, 5) is 25.2. The Kier molecular flexibility index (Phi) is 3.75. The topological polar surface area (TPSA) is 76.1 Å². The fourth-order valence-electron chi connectivity index (χ4n) is 2.86. The van der Waals surface area contributed by atoms with E-state index in [1.54, 1.807) is 31.4 Å². The van der Waals surface area contributed by atoms with Gasteiger partial charge < -0.3 is 19.5 Å². The van der Waals surface area contributed by atoms with Gasteiger partial charge in [-0.15, -0.1) is 0 Å². The first-order chi connectivity index (χ1) is 10.6. The second-order valence-electron chi connectivity index (χ2n) is 5.36. The molecule has 1 aromatic carbocycles. The Bertz CT molecular complexity index is 652. The normalized spacial score (nSPS) is 20.0. The number of benzene rings is 1. The van der Waals surface area contributed by atoms with Crippen molar-refractivity contribution in [3.05, 3.63) is 29.3 Å². The fourth-order valence-corrected chi connectivity index (χ4v) is 2.86. The molecule has 1 atom stereocenters. The largest absolute Gasteiger partial charge is 0.497 e. The molecule has 116 valence electrons. The van der Waals surface area contributed by atoms with E-state index in [4.69, 9.17) is 9.47 Å². The third-order valence-electron chi connectivity index (χ3n) is 4.00. The number of rotatable bonds is 3. The second-order valence-corrected chi connectivity index (χ2v) is 5.36. The minimum absolute atomic E-state index is 0.154. The number of carbonyl (C=O) groups is 2. The summed E-state index contributed by atoms with van der Waals surface area (Å²) in [5.41, 5.74) is 1.23. The van der Waals surface area contributed by atoms with Gasteiger partial charge in [0.05, 0.1) is 12.7 Å². The van der Waals surface area contributed by atoms with Gasteiger partial charge in [-0.3, -0.25) is 4.79 Å². The van der Waals surface area contributed by atoms with Crippen molar-refractivity contribution in [2.45, 2.75) is 18.9 Å². The van der Waals surface area contributed by atoms with Crippen LogP contribution in [0.4, 0.5) is 0 Å². The number of carbonyl (C=O) groups excluding carboxylic acids is 1. The Balaban J connectivity index is 1.87. The highest BCUT2D eigenvalue weighted by Crippen LogP contribution is 2.31. The molecule has 0 aliphatic carbocycles. The number of fused-ring (bicyclic) bond motifs is 1. The second kappa shape index (κ2) is 5.71. The molecule has 0 saturated carbocycles. The van der Waals surface area contributed by atoms with Gasteiger partial charge in [0.25, 0.3) is 5.91 Å². The van der Waals surface area contributed by atoms with Crippen LogP contribution in [0.1, 0.15) is 18.4 Å². The Morgan fingerprint density at radius 1 is 1.41 bits per heavy atom. The van der Waals surface area contributed by atoms with E-state index in [1.807, 2.05) is 0 Å². The molecular weight excluding hydrogens is 286 g/mol. The summed E-state index contributed by atoms with van der Waals surface area (Å²) in [7, 11) is 1.57. The van der Waals surface area contributed by atoms with Gasteiger partial charge in [0.15, 0.2) is 0 Å². The Hall–Kier alpha value is -2.50. The monoisotopic (exact) mass is 303 g/mol. The zero-order valence-corrected chi connectivity index (χ0v) is 12.2. The van der Waals surface area contributed by atoms with Crippen LogP contribution in [0.5, 0.6) is 11.5 Å². The lowest BCUT2D eigenvalue weighted by Crippen LogP contribution is -2.42. The fraction of sp³-hybridized carbons (Fsp3) is 0.375. The predicted molar refractivity (Wildman–Crippen MR) is 78.8 cm³/mol. The zero-order chi connectivity index (χ0) is 15.7. The number of amides is 1. The van der Waals surface area contributed by atoms with Crippen LogP contribution in [0, 0.1) is 0 Å². The molecule has 0 radical (unpaired) electrons. The van der Waals surface area contributed by atoms with Crippen molar-refractivity contribution in [1.82, 2.24) is 4.90 Å². The maximum atomic E-state index is 12.6. The van der Waals surface area contributed by atoms with Gasteiger partial charge in [0.2, 0.25) is 0 Å². The van der Waals surface area contributed by atoms with Crippen LogP contribution in [0.15, 0.2) is 23.8 Å². The van der Waals surface area contributed by atoms with E-state index < -0.39 is 12.0 Å². The molecule has 0 bridgehead atoms. The van der Waals surface area contributed by atoms with E-state index in [2.05, 4.69) is 0 Å². The van der Waals surface area contributed by atoms with Crippen LogP contribution in [-0.2, 0) is 9.59 Å². The molecule has 3 rings (SSSR count). The number of aliphatic carboxylic acids is 1. The standard InChI is InChI=1S/C16H17NO5/c1-21-12-4-5-14-10(8-12)7-11(9-22-14)15(18)17-6-2-3-13(17)16(19)20/h4-5,7-8,13H,2-3,6,9H2,1H3,(H,19,20). The van der Waals surface area contributed by atoms with E-state index in [0.717, 1.165) is 5.56 Å². The number of carboxylic acid groups (broad SMARTS) is 1. The van der Waals surface area contributed by atoms with E-state index in [1.165, 1.54) is 4.90 Å². The molecule has 1 aromatic rings. The van der Waals surface area contributed by atoms with Crippen molar-refractivity contribution in [2.24, 2.45) is 0 Å². The van der Waals surface area contributed by atoms with Crippen LogP contribution in [0.3, 0.4) is 0 Å². The molecular formula is C16H17NO5. The summed E-state index contributed by atoms with van der Waals surface area (Å²) in [5.74, 6) is 0.147. The highest BCUT2D eigenvalue weighted by atomic mass is 16.5. The van der Waals surface area contributed by atoms with Gasteiger partial charge >= 0.3 is 5.97 Å². The van der Waals surface area contributed by atoms with Gasteiger partial charge in [0, 0.05) is 12.1 Å². The lowest BCUT2D eigenvalue weighted by Gasteiger charge is -2.25. The number of methoxy groups -OCH3 is 1.